The molecule has 2 aromatic heterocycles. The summed E-state index contributed by atoms with van der Waals surface area (Å²) in [5.41, 5.74) is 2.44. The van der Waals surface area contributed by atoms with Gasteiger partial charge < -0.3 is 14.0 Å². The number of aromatic nitrogens is 3. The number of aryl methyl sites for hydroxylation is 2. The number of rotatable bonds is 3. The van der Waals surface area contributed by atoms with Gasteiger partial charge in [0.25, 0.3) is 5.91 Å². The van der Waals surface area contributed by atoms with Gasteiger partial charge in [0.2, 0.25) is 0 Å². The Balaban J connectivity index is 1.63. The van der Waals surface area contributed by atoms with E-state index in [1.54, 1.807) is 6.20 Å². The monoisotopic (exact) mass is 336 g/mol. The highest BCUT2D eigenvalue weighted by molar-refractivity contribution is 5.95. The Morgan fingerprint density at radius 1 is 1.32 bits per heavy atom. The molecule has 1 aromatic carbocycles. The molecular formula is C19H20N4O2. The van der Waals surface area contributed by atoms with E-state index in [0.717, 1.165) is 42.2 Å². The molecule has 0 N–H and O–H groups in total. The van der Waals surface area contributed by atoms with E-state index < -0.39 is 0 Å². The van der Waals surface area contributed by atoms with Crippen LogP contribution >= 0.6 is 0 Å². The van der Waals surface area contributed by atoms with Crippen molar-refractivity contribution in [1.29, 1.82) is 0 Å². The first-order chi connectivity index (χ1) is 12.1. The van der Waals surface area contributed by atoms with Crippen LogP contribution in [-0.4, -0.2) is 32.1 Å². The molecule has 0 aliphatic carbocycles. The van der Waals surface area contributed by atoms with Crippen LogP contribution in [0.5, 0.6) is 0 Å². The van der Waals surface area contributed by atoms with Gasteiger partial charge in [-0.1, -0.05) is 17.3 Å². The van der Waals surface area contributed by atoms with Gasteiger partial charge in [0.1, 0.15) is 5.82 Å². The van der Waals surface area contributed by atoms with Gasteiger partial charge in [0.15, 0.2) is 5.76 Å². The van der Waals surface area contributed by atoms with E-state index in [9.17, 15) is 4.79 Å². The number of amides is 1. The molecule has 25 heavy (non-hydrogen) atoms. The maximum Gasteiger partial charge on any atom is 0.254 e. The number of nitrogens with zero attached hydrogens (tertiary/aromatic N) is 4. The molecule has 0 radical (unpaired) electrons. The van der Waals surface area contributed by atoms with Crippen LogP contribution < -0.4 is 0 Å². The lowest BCUT2D eigenvalue weighted by Gasteiger charge is -2.23. The second kappa shape index (κ2) is 6.20. The number of likely N-dealkylation sites (tertiary alicyclic amines) is 1. The molecule has 1 atom stereocenters. The SMILES string of the molecule is Cc1cc([C@H]2CCCN2C(=O)c2cccc(-c3nccn3C)c2)on1. The minimum Gasteiger partial charge on any atom is -0.359 e. The molecule has 0 bridgehead atoms. The third-order valence-corrected chi connectivity index (χ3v) is 4.68. The molecule has 1 amide bonds. The van der Waals surface area contributed by atoms with Crippen molar-refractivity contribution in [3.05, 3.63) is 59.7 Å². The van der Waals surface area contributed by atoms with Crippen molar-refractivity contribution in [2.75, 3.05) is 6.54 Å². The molecule has 0 saturated carbocycles. The summed E-state index contributed by atoms with van der Waals surface area (Å²) in [5.74, 6) is 1.63. The lowest BCUT2D eigenvalue weighted by Crippen LogP contribution is -2.30. The molecule has 4 rings (SSSR count). The average Bonchev–Trinajstić information content (AvgIpc) is 3.34. The zero-order valence-electron chi connectivity index (χ0n) is 14.3. The van der Waals surface area contributed by atoms with Crippen LogP contribution in [0.15, 0.2) is 47.2 Å². The molecule has 0 unspecified atom stereocenters. The fourth-order valence-electron chi connectivity index (χ4n) is 3.45. The number of hydrogen-bond acceptors (Lipinski definition) is 4. The molecule has 128 valence electrons. The summed E-state index contributed by atoms with van der Waals surface area (Å²) in [7, 11) is 1.94. The highest BCUT2D eigenvalue weighted by atomic mass is 16.5. The Hall–Kier alpha value is -2.89. The average molecular weight is 336 g/mol. The van der Waals surface area contributed by atoms with E-state index >= 15 is 0 Å². The summed E-state index contributed by atoms with van der Waals surface area (Å²) in [6, 6.07) is 9.52. The number of carbonyl (C=O) groups excluding carboxylic acids is 1. The second-order valence-corrected chi connectivity index (χ2v) is 6.47. The smallest absolute Gasteiger partial charge is 0.254 e. The summed E-state index contributed by atoms with van der Waals surface area (Å²) in [4.78, 5) is 19.3. The van der Waals surface area contributed by atoms with E-state index in [2.05, 4.69) is 10.1 Å². The Morgan fingerprint density at radius 2 is 2.20 bits per heavy atom. The lowest BCUT2D eigenvalue weighted by molar-refractivity contribution is 0.0714. The van der Waals surface area contributed by atoms with Crippen molar-refractivity contribution in [3.8, 4) is 11.4 Å². The van der Waals surface area contributed by atoms with Crippen LogP contribution in [0.1, 0.15) is 40.7 Å². The van der Waals surface area contributed by atoms with Gasteiger partial charge in [-0.15, -0.1) is 0 Å². The normalized spacial score (nSPS) is 17.2. The van der Waals surface area contributed by atoms with Gasteiger partial charge in [-0.25, -0.2) is 4.98 Å². The first-order valence-electron chi connectivity index (χ1n) is 8.45. The van der Waals surface area contributed by atoms with E-state index in [1.165, 1.54) is 0 Å². The number of hydrogen-bond donors (Lipinski definition) is 0. The highest BCUT2D eigenvalue weighted by Crippen LogP contribution is 2.33. The summed E-state index contributed by atoms with van der Waals surface area (Å²) in [5, 5.41) is 3.96. The van der Waals surface area contributed by atoms with Gasteiger partial charge in [-0.2, -0.15) is 0 Å². The van der Waals surface area contributed by atoms with Gasteiger partial charge in [0, 0.05) is 43.2 Å². The molecule has 3 aromatic rings. The molecule has 0 spiro atoms. The predicted octanol–water partition coefficient (Wildman–Crippen LogP) is 3.36. The van der Waals surface area contributed by atoms with Crippen molar-refractivity contribution in [2.24, 2.45) is 7.05 Å². The molecule has 1 fully saturated rings. The molecule has 3 heterocycles. The van der Waals surface area contributed by atoms with Gasteiger partial charge in [-0.3, -0.25) is 4.79 Å². The predicted molar refractivity (Wildman–Crippen MR) is 92.9 cm³/mol. The zero-order valence-corrected chi connectivity index (χ0v) is 14.3. The van der Waals surface area contributed by atoms with Crippen LogP contribution in [0.4, 0.5) is 0 Å². The first kappa shape index (κ1) is 15.6. The van der Waals surface area contributed by atoms with Gasteiger partial charge >= 0.3 is 0 Å². The quantitative estimate of drug-likeness (QED) is 0.736. The Kier molecular flexibility index (Phi) is 3.87. The molecular weight excluding hydrogens is 316 g/mol. The number of benzene rings is 1. The van der Waals surface area contributed by atoms with Gasteiger partial charge in [-0.05, 0) is 31.9 Å². The van der Waals surface area contributed by atoms with Gasteiger partial charge in [0.05, 0.1) is 11.7 Å². The minimum atomic E-state index is -0.0366. The van der Waals surface area contributed by atoms with E-state index in [0.29, 0.717) is 5.56 Å². The molecule has 1 saturated heterocycles. The summed E-state index contributed by atoms with van der Waals surface area (Å²) < 4.78 is 7.35. The standard InChI is InChI=1S/C19H20N4O2/c1-13-11-17(25-21-13)16-7-4-9-23(16)19(24)15-6-3-5-14(12-15)18-20-8-10-22(18)2/h3,5-6,8,10-12,16H,4,7,9H2,1-2H3/t16-/m1/s1. The molecule has 6 nitrogen and oxygen atoms in total. The number of imidazole rings is 1. The van der Waals surface area contributed by atoms with Crippen LogP contribution in [0.3, 0.4) is 0 Å². The first-order valence-corrected chi connectivity index (χ1v) is 8.45. The van der Waals surface area contributed by atoms with Crippen LogP contribution in [0.25, 0.3) is 11.4 Å². The van der Waals surface area contributed by atoms with E-state index in [1.807, 2.05) is 60.0 Å². The van der Waals surface area contributed by atoms with E-state index in [-0.39, 0.29) is 11.9 Å². The summed E-state index contributed by atoms with van der Waals surface area (Å²) >= 11 is 0. The summed E-state index contributed by atoms with van der Waals surface area (Å²) in [6.45, 7) is 2.63. The fourth-order valence-corrected chi connectivity index (χ4v) is 3.45. The Bertz CT molecular complexity index is 912. The lowest BCUT2D eigenvalue weighted by atomic mass is 10.1. The van der Waals surface area contributed by atoms with Crippen LogP contribution in [0, 0.1) is 6.92 Å². The van der Waals surface area contributed by atoms with Crippen LogP contribution in [0.2, 0.25) is 0 Å². The van der Waals surface area contributed by atoms with Crippen molar-refractivity contribution < 1.29 is 9.32 Å². The topological polar surface area (TPSA) is 64.2 Å². The van der Waals surface area contributed by atoms with Crippen molar-refractivity contribution in [2.45, 2.75) is 25.8 Å². The maximum absolute atomic E-state index is 13.1. The van der Waals surface area contributed by atoms with Crippen molar-refractivity contribution in [3.63, 3.8) is 0 Å². The zero-order chi connectivity index (χ0) is 17.4. The summed E-state index contributed by atoms with van der Waals surface area (Å²) in [6.07, 6.45) is 5.52. The molecule has 1 aliphatic heterocycles. The molecule has 6 heteroatoms. The second-order valence-electron chi connectivity index (χ2n) is 6.47. The Morgan fingerprint density at radius 3 is 2.92 bits per heavy atom. The molecule has 1 aliphatic rings. The Labute approximate surface area is 146 Å². The number of carbonyl (C=O) groups is 1. The minimum absolute atomic E-state index is 0.0209. The fraction of sp³-hybridized carbons (Fsp3) is 0.316. The third kappa shape index (κ3) is 2.84. The third-order valence-electron chi connectivity index (χ3n) is 4.68. The van der Waals surface area contributed by atoms with Crippen molar-refractivity contribution in [1.82, 2.24) is 19.6 Å². The van der Waals surface area contributed by atoms with E-state index in [4.69, 9.17) is 4.52 Å². The van der Waals surface area contributed by atoms with Crippen LogP contribution in [-0.2, 0) is 7.05 Å². The largest absolute Gasteiger partial charge is 0.359 e. The highest BCUT2D eigenvalue weighted by Gasteiger charge is 2.33. The van der Waals surface area contributed by atoms with Crippen molar-refractivity contribution >= 4 is 5.91 Å². The maximum atomic E-state index is 13.1.